The van der Waals surface area contributed by atoms with Crippen molar-refractivity contribution in [3.63, 3.8) is 0 Å². The molecule has 7 nitrogen and oxygen atoms in total. The number of piperidine rings is 1. The number of ether oxygens (including phenoxy) is 1. The monoisotopic (exact) mass is 504 g/mol. The van der Waals surface area contributed by atoms with E-state index in [2.05, 4.69) is 9.88 Å². The van der Waals surface area contributed by atoms with E-state index in [1.165, 1.54) is 17.4 Å². The fourth-order valence-electron chi connectivity index (χ4n) is 4.29. The standard InChI is InChI=1S/C20H23FN2O3S.C2HF3O2/c21-16-1-2-18-14(9-16)3-8-26-20(18)4-6-23(7-5-20)11-15(19(24)25)10-17-12-27-13-22-17;3-2(4,5)1(6)7/h1-2,9,12-13,15H,3-8,10-11H2,(H,24,25);(H,6,7). The average Bonchev–Trinajstić information content (AvgIpc) is 3.28. The van der Waals surface area contributed by atoms with Gasteiger partial charge >= 0.3 is 18.1 Å². The lowest BCUT2D eigenvalue weighted by Gasteiger charge is -2.45. The molecule has 2 aromatic rings. The van der Waals surface area contributed by atoms with Crippen LogP contribution in [0.4, 0.5) is 17.6 Å². The Kier molecular flexibility index (Phi) is 8.26. The number of carbonyl (C=O) groups is 2. The Morgan fingerprint density at radius 1 is 1.24 bits per heavy atom. The van der Waals surface area contributed by atoms with Gasteiger partial charge in [0.15, 0.2) is 0 Å². The van der Waals surface area contributed by atoms with E-state index in [1.54, 1.807) is 11.6 Å². The number of rotatable bonds is 5. The van der Waals surface area contributed by atoms with Gasteiger partial charge in [-0.15, -0.1) is 11.3 Å². The van der Waals surface area contributed by atoms with Crippen molar-refractivity contribution in [2.45, 2.75) is 37.5 Å². The maximum atomic E-state index is 13.6. The summed E-state index contributed by atoms with van der Waals surface area (Å²) in [6.45, 7) is 2.67. The number of halogens is 4. The van der Waals surface area contributed by atoms with E-state index in [0.29, 0.717) is 19.6 Å². The predicted octanol–water partition coefficient (Wildman–Crippen LogP) is 3.72. The summed E-state index contributed by atoms with van der Waals surface area (Å²) < 4.78 is 51.5. The molecule has 2 aliphatic rings. The first-order chi connectivity index (χ1) is 16.0. The van der Waals surface area contributed by atoms with Crippen LogP contribution in [0.2, 0.25) is 0 Å². The van der Waals surface area contributed by atoms with Crippen molar-refractivity contribution < 1.29 is 42.1 Å². The Hall–Kier alpha value is -2.57. The molecule has 1 aromatic heterocycles. The molecule has 1 atom stereocenters. The second-order valence-corrected chi connectivity index (χ2v) is 8.94. The van der Waals surface area contributed by atoms with E-state index in [4.69, 9.17) is 14.6 Å². The number of fused-ring (bicyclic) bond motifs is 2. The molecule has 0 amide bonds. The molecule has 0 bridgehead atoms. The lowest BCUT2D eigenvalue weighted by atomic mass is 9.79. The Balaban J connectivity index is 0.000000406. The number of alkyl halides is 3. The van der Waals surface area contributed by atoms with Crippen molar-refractivity contribution in [3.05, 3.63) is 51.7 Å². The van der Waals surface area contributed by atoms with Gasteiger partial charge in [-0.25, -0.2) is 14.2 Å². The predicted molar refractivity (Wildman–Crippen MR) is 114 cm³/mol. The van der Waals surface area contributed by atoms with Crippen LogP contribution in [-0.2, 0) is 32.8 Å². The summed E-state index contributed by atoms with van der Waals surface area (Å²) in [4.78, 5) is 27.0. The number of carboxylic acid groups (broad SMARTS) is 2. The fourth-order valence-corrected chi connectivity index (χ4v) is 4.86. The van der Waals surface area contributed by atoms with Crippen LogP contribution in [-0.4, -0.2) is 64.5 Å². The number of hydrogen-bond acceptors (Lipinski definition) is 6. The van der Waals surface area contributed by atoms with Crippen molar-refractivity contribution in [2.24, 2.45) is 5.92 Å². The van der Waals surface area contributed by atoms with Gasteiger partial charge in [0.05, 0.1) is 29.3 Å². The summed E-state index contributed by atoms with van der Waals surface area (Å²) in [5.41, 5.74) is 4.37. The van der Waals surface area contributed by atoms with Crippen LogP contribution in [0, 0.1) is 11.7 Å². The molecule has 0 saturated carbocycles. The molecule has 2 aliphatic heterocycles. The van der Waals surface area contributed by atoms with E-state index in [0.717, 1.165) is 49.2 Å². The Bertz CT molecular complexity index is 992. The minimum atomic E-state index is -5.08. The van der Waals surface area contributed by atoms with E-state index in [-0.39, 0.29) is 11.4 Å². The zero-order valence-corrected chi connectivity index (χ0v) is 18.9. The van der Waals surface area contributed by atoms with Crippen molar-refractivity contribution in [2.75, 3.05) is 26.2 Å². The van der Waals surface area contributed by atoms with Gasteiger partial charge in [0.2, 0.25) is 0 Å². The molecule has 0 radical (unpaired) electrons. The van der Waals surface area contributed by atoms with Crippen LogP contribution in [0.25, 0.3) is 0 Å². The normalized spacial score (nSPS) is 18.5. The summed E-state index contributed by atoms with van der Waals surface area (Å²) in [5.74, 6) is -4.20. The lowest BCUT2D eigenvalue weighted by molar-refractivity contribution is -0.192. The molecule has 1 saturated heterocycles. The van der Waals surface area contributed by atoms with Gasteiger partial charge in [0.1, 0.15) is 5.82 Å². The van der Waals surface area contributed by atoms with Gasteiger partial charge in [0.25, 0.3) is 0 Å². The molecule has 3 heterocycles. The van der Waals surface area contributed by atoms with Crippen molar-refractivity contribution >= 4 is 23.3 Å². The maximum Gasteiger partial charge on any atom is 0.490 e. The Morgan fingerprint density at radius 2 is 1.91 bits per heavy atom. The second-order valence-electron chi connectivity index (χ2n) is 8.22. The number of aliphatic carboxylic acids is 2. The maximum absolute atomic E-state index is 13.6. The van der Waals surface area contributed by atoms with Crippen molar-refractivity contribution in [1.29, 1.82) is 0 Å². The summed E-state index contributed by atoms with van der Waals surface area (Å²) in [6.07, 6.45) is -2.28. The minimum absolute atomic E-state index is 0.199. The number of nitrogens with zero attached hydrogens (tertiary/aromatic N) is 2. The topological polar surface area (TPSA) is 100.0 Å². The van der Waals surface area contributed by atoms with E-state index >= 15 is 0 Å². The summed E-state index contributed by atoms with van der Waals surface area (Å²) in [6, 6.07) is 5.00. The first-order valence-corrected chi connectivity index (χ1v) is 11.5. The van der Waals surface area contributed by atoms with Gasteiger partial charge in [-0.05, 0) is 42.5 Å². The molecule has 186 valence electrons. The number of carboxylic acids is 2. The van der Waals surface area contributed by atoms with E-state index in [9.17, 15) is 27.5 Å². The van der Waals surface area contributed by atoms with Crippen LogP contribution >= 0.6 is 11.3 Å². The number of aromatic nitrogens is 1. The van der Waals surface area contributed by atoms with E-state index in [1.807, 2.05) is 11.4 Å². The second kappa shape index (κ2) is 10.8. The quantitative estimate of drug-likeness (QED) is 0.599. The van der Waals surface area contributed by atoms with Crippen molar-refractivity contribution in [1.82, 2.24) is 9.88 Å². The highest BCUT2D eigenvalue weighted by Crippen LogP contribution is 2.41. The summed E-state index contributed by atoms with van der Waals surface area (Å²) in [7, 11) is 0. The molecular weight excluding hydrogens is 480 g/mol. The molecule has 0 aliphatic carbocycles. The molecule has 1 fully saturated rings. The van der Waals surface area contributed by atoms with Gasteiger partial charge in [-0.2, -0.15) is 13.2 Å². The van der Waals surface area contributed by atoms with Gasteiger partial charge in [-0.3, -0.25) is 4.79 Å². The van der Waals surface area contributed by atoms with Crippen molar-refractivity contribution in [3.8, 4) is 0 Å². The zero-order chi connectivity index (χ0) is 24.9. The fraction of sp³-hybridized carbons (Fsp3) is 0.500. The number of benzene rings is 1. The van der Waals surface area contributed by atoms with E-state index < -0.39 is 24.0 Å². The molecule has 2 N–H and O–H groups in total. The molecule has 12 heteroatoms. The van der Waals surface area contributed by atoms with Crippen LogP contribution in [0.3, 0.4) is 0 Å². The van der Waals surface area contributed by atoms with Crippen LogP contribution in [0.5, 0.6) is 0 Å². The molecule has 1 unspecified atom stereocenters. The number of thiazole rings is 1. The smallest absolute Gasteiger partial charge is 0.481 e. The van der Waals surface area contributed by atoms with Crippen LogP contribution < -0.4 is 0 Å². The SMILES string of the molecule is O=C(O)C(Cc1cscn1)CN1CCC2(CC1)OCCc1cc(F)ccc12.O=C(O)C(F)(F)F. The zero-order valence-electron chi connectivity index (χ0n) is 18.1. The molecule has 34 heavy (non-hydrogen) atoms. The third-order valence-corrected chi connectivity index (χ3v) is 6.62. The number of likely N-dealkylation sites (tertiary alicyclic amines) is 1. The highest BCUT2D eigenvalue weighted by molar-refractivity contribution is 7.07. The van der Waals surface area contributed by atoms with Crippen LogP contribution in [0.15, 0.2) is 29.1 Å². The third-order valence-electron chi connectivity index (χ3n) is 5.98. The number of hydrogen-bond donors (Lipinski definition) is 2. The average molecular weight is 505 g/mol. The first-order valence-electron chi connectivity index (χ1n) is 10.6. The molecule has 4 rings (SSSR count). The highest BCUT2D eigenvalue weighted by Gasteiger charge is 2.41. The minimum Gasteiger partial charge on any atom is -0.481 e. The molecule has 1 aromatic carbocycles. The lowest BCUT2D eigenvalue weighted by Crippen LogP contribution is -2.48. The van der Waals surface area contributed by atoms with Gasteiger partial charge in [-0.1, -0.05) is 6.07 Å². The molecule has 1 spiro atoms. The third kappa shape index (κ3) is 6.51. The Morgan fingerprint density at radius 3 is 2.47 bits per heavy atom. The van der Waals surface area contributed by atoms with Gasteiger partial charge < -0.3 is 19.8 Å². The summed E-state index contributed by atoms with van der Waals surface area (Å²) >= 11 is 1.49. The van der Waals surface area contributed by atoms with Gasteiger partial charge in [0, 0.05) is 31.4 Å². The summed E-state index contributed by atoms with van der Waals surface area (Å²) in [5, 5.41) is 18.6. The largest absolute Gasteiger partial charge is 0.490 e. The molecular formula is C22H24F4N2O5S. The van der Waals surface area contributed by atoms with Crippen LogP contribution in [0.1, 0.15) is 29.7 Å². The highest BCUT2D eigenvalue weighted by atomic mass is 32.1. The first kappa shape index (κ1) is 26.0. The Labute approximate surface area is 197 Å².